The fourth-order valence-corrected chi connectivity index (χ4v) is 4.78. The summed E-state index contributed by atoms with van der Waals surface area (Å²) in [5, 5.41) is 0.666. The van der Waals surface area contributed by atoms with E-state index in [1.165, 1.54) is 18.3 Å². The summed E-state index contributed by atoms with van der Waals surface area (Å²) in [7, 11) is -1.73. The van der Waals surface area contributed by atoms with Crippen molar-refractivity contribution in [2.45, 2.75) is 36.5 Å². The topological polar surface area (TPSA) is 81.2 Å². The first-order valence-electron chi connectivity index (χ1n) is 10.1. The Morgan fingerprint density at radius 1 is 1.19 bits per heavy atom. The zero-order valence-electron chi connectivity index (χ0n) is 17.3. The predicted octanol–water partition coefficient (Wildman–Crippen LogP) is 4.14. The van der Waals surface area contributed by atoms with Gasteiger partial charge in [0.25, 0.3) is 5.56 Å². The lowest BCUT2D eigenvalue weighted by Crippen LogP contribution is -2.27. The first kappa shape index (κ1) is 21.5. The minimum Gasteiger partial charge on any atom is -0.493 e. The van der Waals surface area contributed by atoms with E-state index in [4.69, 9.17) is 4.74 Å². The highest BCUT2D eigenvalue weighted by molar-refractivity contribution is 7.90. The molecule has 1 N–H and O–H groups in total. The molecule has 0 saturated heterocycles. The minimum atomic E-state index is -3.47. The zero-order valence-corrected chi connectivity index (χ0v) is 18.1. The summed E-state index contributed by atoms with van der Waals surface area (Å²) in [6.07, 6.45) is 4.90. The van der Waals surface area contributed by atoms with E-state index in [-0.39, 0.29) is 35.8 Å². The first-order chi connectivity index (χ1) is 14.5. The van der Waals surface area contributed by atoms with Crippen LogP contribution in [0, 0.1) is 5.92 Å². The second-order valence-electron chi connectivity index (χ2n) is 8.26. The molecule has 0 atom stereocenters. The van der Waals surface area contributed by atoms with Crippen molar-refractivity contribution in [1.82, 2.24) is 9.55 Å². The Hall–Kier alpha value is -2.68. The molecule has 166 valence electrons. The smallest absolute Gasteiger partial charge is 0.272 e. The van der Waals surface area contributed by atoms with Gasteiger partial charge in [-0.25, -0.2) is 17.2 Å². The number of alkyl halides is 2. The standard InChI is InChI=1S/C22H24F2N2O4S/c1-26-12-18(16-7-10-25-21(27)20(16)26)17-11-15(31(2,28)29)3-4-19(17)30-13-14-5-8-22(23,24)9-6-14/h3-4,7,10-12,14H,5-6,8-9,13H2,1-2H3,(H,25,27). The van der Waals surface area contributed by atoms with Crippen molar-refractivity contribution in [3.63, 3.8) is 0 Å². The largest absolute Gasteiger partial charge is 0.493 e. The van der Waals surface area contributed by atoms with Crippen molar-refractivity contribution in [1.29, 1.82) is 0 Å². The molecule has 1 aromatic carbocycles. The fourth-order valence-electron chi connectivity index (χ4n) is 4.13. The Bertz CT molecular complexity index is 1280. The van der Waals surface area contributed by atoms with E-state index in [1.54, 1.807) is 29.9 Å². The number of hydrogen-bond donors (Lipinski definition) is 1. The molecule has 0 unspecified atom stereocenters. The Balaban J connectivity index is 1.74. The van der Waals surface area contributed by atoms with E-state index < -0.39 is 15.8 Å². The van der Waals surface area contributed by atoms with Crippen LogP contribution in [0.15, 0.2) is 46.3 Å². The summed E-state index contributed by atoms with van der Waals surface area (Å²) in [6.45, 7) is 0.270. The van der Waals surface area contributed by atoms with Crippen molar-refractivity contribution >= 4 is 20.7 Å². The Morgan fingerprint density at radius 3 is 2.58 bits per heavy atom. The maximum atomic E-state index is 13.4. The molecule has 0 spiro atoms. The maximum Gasteiger partial charge on any atom is 0.272 e. The predicted molar refractivity (Wildman–Crippen MR) is 114 cm³/mol. The number of pyridine rings is 1. The van der Waals surface area contributed by atoms with Gasteiger partial charge in [-0.05, 0) is 43.0 Å². The number of aromatic amines is 1. The number of aryl methyl sites for hydroxylation is 1. The summed E-state index contributed by atoms with van der Waals surface area (Å²) in [4.78, 5) is 15.0. The van der Waals surface area contributed by atoms with Crippen molar-refractivity contribution < 1.29 is 21.9 Å². The Morgan fingerprint density at radius 2 is 1.90 bits per heavy atom. The number of aromatic nitrogens is 2. The molecule has 1 saturated carbocycles. The molecule has 0 radical (unpaired) electrons. The fraction of sp³-hybridized carbons (Fsp3) is 0.409. The molecule has 0 bridgehead atoms. The second-order valence-corrected chi connectivity index (χ2v) is 10.3. The van der Waals surface area contributed by atoms with Crippen LogP contribution in [0.5, 0.6) is 5.75 Å². The summed E-state index contributed by atoms with van der Waals surface area (Å²) in [6, 6.07) is 6.36. The van der Waals surface area contributed by atoms with Gasteiger partial charge in [-0.15, -0.1) is 0 Å². The van der Waals surface area contributed by atoms with Gasteiger partial charge in [0.05, 0.1) is 11.5 Å². The monoisotopic (exact) mass is 450 g/mol. The molecular weight excluding hydrogens is 426 g/mol. The number of sulfone groups is 1. The van der Waals surface area contributed by atoms with Gasteiger partial charge in [0.15, 0.2) is 9.84 Å². The number of rotatable bonds is 5. The van der Waals surface area contributed by atoms with Crippen LogP contribution >= 0.6 is 0 Å². The molecule has 31 heavy (non-hydrogen) atoms. The summed E-state index contributed by atoms with van der Waals surface area (Å²) in [5.74, 6) is -2.13. The lowest BCUT2D eigenvalue weighted by molar-refractivity contribution is -0.0498. The van der Waals surface area contributed by atoms with Crippen LogP contribution < -0.4 is 10.3 Å². The van der Waals surface area contributed by atoms with Gasteiger partial charge >= 0.3 is 0 Å². The third-order valence-corrected chi connectivity index (χ3v) is 6.99. The lowest BCUT2D eigenvalue weighted by atomic mass is 9.87. The van der Waals surface area contributed by atoms with Gasteiger partial charge < -0.3 is 14.3 Å². The van der Waals surface area contributed by atoms with Crippen molar-refractivity contribution in [2.24, 2.45) is 13.0 Å². The highest BCUT2D eigenvalue weighted by Gasteiger charge is 2.35. The van der Waals surface area contributed by atoms with Crippen LogP contribution in [0.2, 0.25) is 0 Å². The third kappa shape index (κ3) is 4.37. The lowest BCUT2D eigenvalue weighted by Gasteiger charge is -2.28. The Labute approximate surface area is 178 Å². The number of benzene rings is 1. The molecule has 6 nitrogen and oxygen atoms in total. The van der Waals surface area contributed by atoms with Crippen LogP contribution in [-0.4, -0.2) is 36.8 Å². The van der Waals surface area contributed by atoms with E-state index in [2.05, 4.69) is 4.98 Å². The number of nitrogens with one attached hydrogen (secondary N) is 1. The molecule has 2 aromatic heterocycles. The van der Waals surface area contributed by atoms with Gasteiger partial charge in [-0.3, -0.25) is 4.79 Å². The van der Waals surface area contributed by atoms with Gasteiger partial charge in [-0.1, -0.05) is 0 Å². The summed E-state index contributed by atoms with van der Waals surface area (Å²) < 4.78 is 58.9. The van der Waals surface area contributed by atoms with E-state index in [9.17, 15) is 22.0 Å². The number of ether oxygens (including phenoxy) is 1. The molecule has 3 aromatic rings. The number of H-pyrrole nitrogens is 1. The zero-order chi connectivity index (χ0) is 22.4. The number of hydrogen-bond acceptors (Lipinski definition) is 4. The molecular formula is C22H24F2N2O4S. The average molecular weight is 451 g/mol. The first-order valence-corrected chi connectivity index (χ1v) is 12.0. The highest BCUT2D eigenvalue weighted by Crippen LogP contribution is 2.39. The molecule has 0 aliphatic heterocycles. The third-order valence-electron chi connectivity index (χ3n) is 5.88. The van der Waals surface area contributed by atoms with E-state index in [0.717, 1.165) is 6.26 Å². The van der Waals surface area contributed by atoms with Crippen LogP contribution in [0.3, 0.4) is 0 Å². The van der Waals surface area contributed by atoms with E-state index >= 15 is 0 Å². The van der Waals surface area contributed by atoms with Crippen LogP contribution in [0.1, 0.15) is 25.7 Å². The summed E-state index contributed by atoms with van der Waals surface area (Å²) >= 11 is 0. The normalized spacial score (nSPS) is 17.2. The van der Waals surface area contributed by atoms with Gasteiger partial charge in [0, 0.05) is 55.1 Å². The second kappa shape index (κ2) is 7.78. The molecule has 1 fully saturated rings. The quantitative estimate of drug-likeness (QED) is 0.634. The van der Waals surface area contributed by atoms with Crippen LogP contribution in [0.4, 0.5) is 8.78 Å². The summed E-state index contributed by atoms with van der Waals surface area (Å²) in [5.41, 5.74) is 1.42. The highest BCUT2D eigenvalue weighted by atomic mass is 32.2. The van der Waals surface area contributed by atoms with Crippen LogP contribution in [0.25, 0.3) is 22.0 Å². The van der Waals surface area contributed by atoms with Gasteiger partial charge in [0.2, 0.25) is 5.92 Å². The number of halogens is 2. The maximum absolute atomic E-state index is 13.4. The van der Waals surface area contributed by atoms with E-state index in [1.807, 2.05) is 0 Å². The molecule has 4 rings (SSSR count). The minimum absolute atomic E-state index is 0.0115. The molecule has 1 aliphatic rings. The molecule has 9 heteroatoms. The van der Waals surface area contributed by atoms with E-state index in [0.29, 0.717) is 40.6 Å². The Kier molecular flexibility index (Phi) is 5.41. The van der Waals surface area contributed by atoms with Gasteiger partial charge in [-0.2, -0.15) is 0 Å². The SMILES string of the molecule is Cn1cc(-c2cc(S(C)(=O)=O)ccc2OCC2CCC(F)(F)CC2)c2cc[nH]c(=O)c21. The average Bonchev–Trinajstić information content (AvgIpc) is 3.04. The number of fused-ring (bicyclic) bond motifs is 1. The molecule has 0 amide bonds. The van der Waals surface area contributed by atoms with Crippen molar-refractivity contribution in [3.8, 4) is 16.9 Å². The number of nitrogens with zero attached hydrogens (tertiary/aromatic N) is 1. The van der Waals surface area contributed by atoms with Crippen molar-refractivity contribution in [2.75, 3.05) is 12.9 Å². The van der Waals surface area contributed by atoms with Crippen LogP contribution in [-0.2, 0) is 16.9 Å². The van der Waals surface area contributed by atoms with Crippen molar-refractivity contribution in [3.05, 3.63) is 47.0 Å². The molecule has 2 heterocycles. The molecule has 1 aliphatic carbocycles. The van der Waals surface area contributed by atoms with Gasteiger partial charge in [0.1, 0.15) is 11.3 Å².